The van der Waals surface area contributed by atoms with Crippen LogP contribution in [-0.2, 0) is 28.2 Å². The molecule has 0 spiro atoms. The summed E-state index contributed by atoms with van der Waals surface area (Å²) in [6.07, 6.45) is 14.0. The van der Waals surface area contributed by atoms with Crippen molar-refractivity contribution >= 4 is 19.8 Å². The van der Waals surface area contributed by atoms with Crippen LogP contribution in [0.4, 0.5) is 0 Å². The van der Waals surface area contributed by atoms with E-state index >= 15 is 0 Å². The molecule has 11 heteroatoms. The van der Waals surface area contributed by atoms with Crippen molar-refractivity contribution in [1.29, 1.82) is 0 Å². The van der Waals surface area contributed by atoms with Gasteiger partial charge in [0.2, 0.25) is 0 Å². The van der Waals surface area contributed by atoms with Crippen LogP contribution in [0.1, 0.15) is 77.6 Å². The van der Waals surface area contributed by atoms with Crippen molar-refractivity contribution in [3.05, 3.63) is 0 Å². The van der Waals surface area contributed by atoms with Gasteiger partial charge in [-0.2, -0.15) is 0 Å². The Balaban J connectivity index is -0.00000648. The number of phosphoric ester groups is 1. The molecule has 1 atom stereocenters. The smallest absolute Gasteiger partial charge is 0.790 e. The number of terminal acetylenes is 1. The third-order valence-corrected chi connectivity index (χ3v) is 4.81. The first kappa shape index (κ1) is 41.9. The van der Waals surface area contributed by atoms with Gasteiger partial charge in [-0.05, 0) is 65.6 Å². The summed E-state index contributed by atoms with van der Waals surface area (Å²) in [6, 6.07) is 0. The predicted octanol–water partition coefficient (Wildman–Crippen LogP) is -3.79. The maximum Gasteiger partial charge on any atom is 1.00 e. The minimum Gasteiger partial charge on any atom is -0.790 e. The van der Waals surface area contributed by atoms with Crippen molar-refractivity contribution in [3.8, 4) is 71.5 Å². The van der Waals surface area contributed by atoms with E-state index in [-0.39, 0.29) is 65.5 Å². The first-order valence-corrected chi connectivity index (χ1v) is 13.3. The molecule has 0 radical (unpaired) electrons. The molecule has 0 aromatic rings. The topological polar surface area (TPSA) is 125 Å². The van der Waals surface area contributed by atoms with Crippen molar-refractivity contribution in [1.82, 2.24) is 0 Å². The molecule has 0 aromatic carbocycles. The van der Waals surface area contributed by atoms with E-state index in [9.17, 15) is 23.9 Å². The molecule has 0 unspecified atom stereocenters. The summed E-state index contributed by atoms with van der Waals surface area (Å²) in [5, 5.41) is 0. The molecule has 0 saturated heterocycles. The summed E-state index contributed by atoms with van der Waals surface area (Å²) >= 11 is 0. The maximum atomic E-state index is 12.0. The molecule has 0 aliphatic rings. The van der Waals surface area contributed by atoms with Crippen molar-refractivity contribution < 1.29 is 97.1 Å². The van der Waals surface area contributed by atoms with Crippen LogP contribution in [0.25, 0.3) is 0 Å². The number of hydrogen-bond acceptors (Lipinski definition) is 8. The van der Waals surface area contributed by atoms with Gasteiger partial charge >= 0.3 is 71.1 Å². The number of carbonyl (C=O) groups excluding carboxylic acids is 2. The summed E-state index contributed by atoms with van der Waals surface area (Å²) in [5.41, 5.74) is 0. The molecule has 196 valence electrons. The summed E-state index contributed by atoms with van der Waals surface area (Å²) < 4.78 is 24.5. The van der Waals surface area contributed by atoms with Crippen LogP contribution in [-0.4, -0.2) is 24.8 Å². The maximum absolute atomic E-state index is 12.0. The predicted molar refractivity (Wildman–Crippen MR) is 134 cm³/mol. The molecule has 39 heavy (non-hydrogen) atoms. The van der Waals surface area contributed by atoms with Crippen LogP contribution in [0.5, 0.6) is 0 Å². The molecule has 8 nitrogen and oxygen atoms in total. The summed E-state index contributed by atoms with van der Waals surface area (Å²) in [6.45, 7) is 1.19. The fraction of sp³-hybridized carbons (Fsp3) is 0.500. The summed E-state index contributed by atoms with van der Waals surface area (Å²) in [5.74, 6) is 22.9. The van der Waals surface area contributed by atoms with Crippen LogP contribution in [0.15, 0.2) is 0 Å². The van der Waals surface area contributed by atoms with Crippen molar-refractivity contribution in [2.75, 3.05) is 6.61 Å². The number of carbonyl (C=O) groups is 2. The Kier molecular flexibility index (Phi) is 31.6. The SMILES string of the molecule is C#CC#CC#CC#CC#CC#CC(=O)O[C@H](COP(=O)([O-])[O-])OC(=O)CCCCCCCCCCCC.[Na+].[Na+]. The molecular weight excluding hydrogens is 541 g/mol. The number of ether oxygens (including phenoxy) is 2. The van der Waals surface area contributed by atoms with Gasteiger partial charge in [-0.3, -0.25) is 4.79 Å². The van der Waals surface area contributed by atoms with E-state index in [0.29, 0.717) is 6.42 Å². The van der Waals surface area contributed by atoms with Crippen LogP contribution >= 0.6 is 7.82 Å². The normalized spacial score (nSPS) is 9.49. The fourth-order valence-corrected chi connectivity index (χ4v) is 3.00. The standard InChI is InChI=1S/C28H31O8P.2Na/c1-3-5-7-9-11-13-15-17-19-21-23-26(29)35-28(25-34-37(31,32)33)36-27(30)24-22-20-18-16-14-12-10-8-6-4-2;;/h1,28H,4,6,8,10,12,14,16,18,20,22,24-25H2,2H3,(H2,31,32,33);;/q;2*+1/p-2/t28-;;/m0../s1. The van der Waals surface area contributed by atoms with Crippen LogP contribution in [0, 0.1) is 71.5 Å². The Morgan fingerprint density at radius 1 is 0.744 bits per heavy atom. The zero-order valence-corrected chi connectivity index (χ0v) is 27.7. The monoisotopic (exact) mass is 570 g/mol. The van der Waals surface area contributed by atoms with Gasteiger partial charge in [0.15, 0.2) is 0 Å². The van der Waals surface area contributed by atoms with Gasteiger partial charge in [-0.1, -0.05) is 64.7 Å². The number of rotatable bonds is 16. The average Bonchev–Trinajstić information content (AvgIpc) is 2.84. The third kappa shape index (κ3) is 32.5. The Morgan fingerprint density at radius 2 is 1.21 bits per heavy atom. The van der Waals surface area contributed by atoms with Gasteiger partial charge in [-0.25, -0.2) is 4.79 Å². The zero-order valence-electron chi connectivity index (χ0n) is 22.9. The van der Waals surface area contributed by atoms with Crippen molar-refractivity contribution in [2.45, 2.75) is 83.8 Å². The van der Waals surface area contributed by atoms with E-state index in [4.69, 9.17) is 15.9 Å². The van der Waals surface area contributed by atoms with E-state index in [1.165, 1.54) is 32.1 Å². The third-order valence-electron chi connectivity index (χ3n) is 4.34. The zero-order chi connectivity index (χ0) is 27.6. The van der Waals surface area contributed by atoms with Crippen molar-refractivity contribution in [3.63, 3.8) is 0 Å². The van der Waals surface area contributed by atoms with E-state index in [0.717, 1.165) is 25.7 Å². The van der Waals surface area contributed by atoms with E-state index in [1.807, 2.05) is 5.92 Å². The van der Waals surface area contributed by atoms with Gasteiger partial charge in [0.1, 0.15) is 6.61 Å². The molecule has 0 heterocycles. The number of hydrogen-bond donors (Lipinski definition) is 0. The van der Waals surface area contributed by atoms with Gasteiger partial charge in [0, 0.05) is 12.3 Å². The first-order chi connectivity index (χ1) is 17.8. The molecule has 0 fully saturated rings. The molecule has 0 aliphatic carbocycles. The number of phosphoric acid groups is 1. The fourth-order valence-electron chi connectivity index (χ4n) is 2.69. The molecule has 0 rings (SSSR count). The number of esters is 2. The van der Waals surface area contributed by atoms with Gasteiger partial charge < -0.3 is 28.3 Å². The molecule has 0 aromatic heterocycles. The van der Waals surface area contributed by atoms with Crippen LogP contribution < -0.4 is 68.9 Å². The van der Waals surface area contributed by atoms with Gasteiger partial charge in [0.05, 0.1) is 7.82 Å². The first-order valence-electron chi connectivity index (χ1n) is 11.8. The second-order valence-electron chi connectivity index (χ2n) is 7.39. The van der Waals surface area contributed by atoms with Crippen molar-refractivity contribution in [2.24, 2.45) is 0 Å². The summed E-state index contributed by atoms with van der Waals surface area (Å²) in [7, 11) is -5.38. The molecule has 0 bridgehead atoms. The van der Waals surface area contributed by atoms with E-state index in [1.54, 1.807) is 0 Å². The Morgan fingerprint density at radius 3 is 1.69 bits per heavy atom. The minimum absolute atomic E-state index is 0. The van der Waals surface area contributed by atoms with Gasteiger partial charge in [0.25, 0.3) is 6.29 Å². The van der Waals surface area contributed by atoms with Gasteiger partial charge in [-0.15, -0.1) is 6.42 Å². The largest absolute Gasteiger partial charge is 1.00 e. The second kappa shape index (κ2) is 29.4. The molecular formula is C28H29Na2O8P. The molecule has 0 amide bonds. The minimum atomic E-state index is -5.38. The average molecular weight is 570 g/mol. The Hall–Kier alpha value is -1.59. The van der Waals surface area contributed by atoms with Crippen LogP contribution in [0.3, 0.4) is 0 Å². The van der Waals surface area contributed by atoms with E-state index in [2.05, 4.69) is 70.7 Å². The Bertz CT molecular complexity index is 1130. The Labute approximate surface area is 276 Å². The summed E-state index contributed by atoms with van der Waals surface area (Å²) in [4.78, 5) is 45.3. The molecule has 0 aliphatic heterocycles. The molecule has 0 N–H and O–H groups in total. The van der Waals surface area contributed by atoms with Crippen LogP contribution in [0.2, 0.25) is 0 Å². The quantitative estimate of drug-likeness (QED) is 0.0352. The second-order valence-corrected chi connectivity index (χ2v) is 8.55. The number of unbranched alkanes of at least 4 members (excludes halogenated alkanes) is 9. The molecule has 0 saturated carbocycles. The van der Waals surface area contributed by atoms with E-state index < -0.39 is 32.7 Å².